The highest BCUT2D eigenvalue weighted by molar-refractivity contribution is 5.45. The Morgan fingerprint density at radius 3 is 1.96 bits per heavy atom. The monoisotopic (exact) mass is 316 g/mol. The molecule has 3 rings (SSSR count). The Kier molecular flexibility index (Phi) is 4.44. The van der Waals surface area contributed by atoms with Gasteiger partial charge in [-0.05, 0) is 54.8 Å². The Bertz CT molecular complexity index is 814. The lowest BCUT2D eigenvalue weighted by Gasteiger charge is -2.28. The van der Waals surface area contributed by atoms with Crippen LogP contribution in [0.3, 0.4) is 0 Å². The Morgan fingerprint density at radius 2 is 1.33 bits per heavy atom. The average molecular weight is 316 g/mol. The molecule has 0 spiro atoms. The summed E-state index contributed by atoms with van der Waals surface area (Å²) in [4.78, 5) is 0. The predicted octanol–water partition coefficient (Wildman–Crippen LogP) is 6.42. The zero-order valence-corrected chi connectivity index (χ0v) is 14.8. The Hall–Kier alpha value is -2.54. The number of hydrogen-bond donors (Lipinski definition) is 0. The third-order valence-electron chi connectivity index (χ3n) is 4.61. The fourth-order valence-corrected chi connectivity index (χ4v) is 3.23. The molecule has 3 aromatic carbocycles. The maximum absolute atomic E-state index is 5.89. The van der Waals surface area contributed by atoms with Crippen LogP contribution in [0.2, 0.25) is 0 Å². The van der Waals surface area contributed by atoms with Crippen LogP contribution in [0.25, 0.3) is 0 Å². The van der Waals surface area contributed by atoms with Crippen molar-refractivity contribution >= 4 is 0 Å². The molecule has 1 nitrogen and oxygen atoms in total. The third-order valence-corrected chi connectivity index (χ3v) is 4.61. The zero-order chi connectivity index (χ0) is 17.2. The first-order chi connectivity index (χ1) is 11.5. The topological polar surface area (TPSA) is 9.23 Å². The Morgan fingerprint density at radius 1 is 0.708 bits per heavy atom. The summed E-state index contributed by atoms with van der Waals surface area (Å²) in [5.74, 6) is 1.72. The van der Waals surface area contributed by atoms with Crippen LogP contribution < -0.4 is 4.74 Å². The van der Waals surface area contributed by atoms with E-state index in [1.807, 2.05) is 42.5 Å². The van der Waals surface area contributed by atoms with Crippen LogP contribution >= 0.6 is 0 Å². The summed E-state index contributed by atoms with van der Waals surface area (Å²) < 4.78 is 5.89. The van der Waals surface area contributed by atoms with Gasteiger partial charge < -0.3 is 4.74 Å². The molecule has 24 heavy (non-hydrogen) atoms. The summed E-state index contributed by atoms with van der Waals surface area (Å²) in [6, 6.07) is 25.0. The fraction of sp³-hybridized carbons (Fsp3) is 0.217. The highest BCUT2D eigenvalue weighted by Gasteiger charge is 2.24. The molecule has 0 aliphatic heterocycles. The zero-order valence-electron chi connectivity index (χ0n) is 14.8. The Labute approximate surface area is 144 Å². The van der Waals surface area contributed by atoms with Crippen LogP contribution in [-0.4, -0.2) is 0 Å². The molecule has 0 N–H and O–H groups in total. The summed E-state index contributed by atoms with van der Waals surface area (Å²) in [5, 5.41) is 0. The van der Waals surface area contributed by atoms with Crippen molar-refractivity contribution in [1.29, 1.82) is 0 Å². The summed E-state index contributed by atoms with van der Waals surface area (Å²) in [5.41, 5.74) is 5.26. The summed E-state index contributed by atoms with van der Waals surface area (Å²) in [6.07, 6.45) is 0. The lowest BCUT2D eigenvalue weighted by atomic mass is 9.76. The molecule has 0 saturated carbocycles. The molecular formula is C23H24O. The Balaban J connectivity index is 1.86. The highest BCUT2D eigenvalue weighted by Crippen LogP contribution is 2.35. The van der Waals surface area contributed by atoms with Crippen molar-refractivity contribution in [2.24, 2.45) is 0 Å². The van der Waals surface area contributed by atoms with Crippen molar-refractivity contribution in [3.05, 3.63) is 95.1 Å². The standard InChI is InChI=1S/C23H24O/c1-17-10-15-22(18(2)16-17)23(3,4)19-11-13-21(14-12-19)24-20-8-6-5-7-9-20/h5-16H,1-4H3. The van der Waals surface area contributed by atoms with Crippen molar-refractivity contribution < 1.29 is 4.74 Å². The van der Waals surface area contributed by atoms with Crippen LogP contribution in [-0.2, 0) is 5.41 Å². The van der Waals surface area contributed by atoms with Crippen LogP contribution in [0, 0.1) is 13.8 Å². The van der Waals surface area contributed by atoms with E-state index in [-0.39, 0.29) is 5.41 Å². The van der Waals surface area contributed by atoms with E-state index >= 15 is 0 Å². The minimum Gasteiger partial charge on any atom is -0.457 e. The molecule has 0 bridgehead atoms. The van der Waals surface area contributed by atoms with Gasteiger partial charge in [0, 0.05) is 5.41 Å². The number of benzene rings is 3. The maximum Gasteiger partial charge on any atom is 0.127 e. The van der Waals surface area contributed by atoms with Crippen LogP contribution in [0.4, 0.5) is 0 Å². The number of ether oxygens (including phenoxy) is 1. The van der Waals surface area contributed by atoms with Crippen molar-refractivity contribution in [3.8, 4) is 11.5 Å². The van der Waals surface area contributed by atoms with Gasteiger partial charge in [-0.2, -0.15) is 0 Å². The van der Waals surface area contributed by atoms with Crippen molar-refractivity contribution in [2.45, 2.75) is 33.1 Å². The largest absolute Gasteiger partial charge is 0.457 e. The highest BCUT2D eigenvalue weighted by atomic mass is 16.5. The van der Waals surface area contributed by atoms with Crippen LogP contribution in [0.5, 0.6) is 11.5 Å². The van der Waals surface area contributed by atoms with Gasteiger partial charge in [0.05, 0.1) is 0 Å². The van der Waals surface area contributed by atoms with Gasteiger partial charge in [-0.25, -0.2) is 0 Å². The van der Waals surface area contributed by atoms with Crippen LogP contribution in [0.15, 0.2) is 72.8 Å². The molecule has 0 aliphatic rings. The van der Waals surface area contributed by atoms with E-state index in [1.54, 1.807) is 0 Å². The minimum atomic E-state index is -0.0386. The van der Waals surface area contributed by atoms with Gasteiger partial charge in [0.1, 0.15) is 11.5 Å². The second-order valence-corrected chi connectivity index (χ2v) is 6.88. The van der Waals surface area contributed by atoms with Crippen molar-refractivity contribution in [2.75, 3.05) is 0 Å². The van der Waals surface area contributed by atoms with Gasteiger partial charge in [-0.3, -0.25) is 0 Å². The number of para-hydroxylation sites is 1. The first-order valence-corrected chi connectivity index (χ1v) is 8.38. The quantitative estimate of drug-likeness (QED) is 0.539. The average Bonchev–Trinajstić information content (AvgIpc) is 2.56. The van der Waals surface area contributed by atoms with E-state index in [2.05, 4.69) is 58.0 Å². The SMILES string of the molecule is Cc1ccc(C(C)(C)c2ccc(Oc3ccccc3)cc2)c(C)c1. The van der Waals surface area contributed by atoms with E-state index in [0.717, 1.165) is 11.5 Å². The van der Waals surface area contributed by atoms with Crippen molar-refractivity contribution in [1.82, 2.24) is 0 Å². The second-order valence-electron chi connectivity index (χ2n) is 6.88. The lowest BCUT2D eigenvalue weighted by Crippen LogP contribution is -2.20. The van der Waals surface area contributed by atoms with Crippen LogP contribution in [0.1, 0.15) is 36.1 Å². The maximum atomic E-state index is 5.89. The van der Waals surface area contributed by atoms with Gasteiger partial charge in [0.2, 0.25) is 0 Å². The summed E-state index contributed by atoms with van der Waals surface area (Å²) in [7, 11) is 0. The predicted molar refractivity (Wildman–Crippen MR) is 101 cm³/mol. The van der Waals surface area contributed by atoms with E-state index in [4.69, 9.17) is 4.74 Å². The molecule has 0 unspecified atom stereocenters. The van der Waals surface area contributed by atoms with E-state index in [1.165, 1.54) is 22.3 Å². The van der Waals surface area contributed by atoms with Gasteiger partial charge >= 0.3 is 0 Å². The molecule has 0 heterocycles. The van der Waals surface area contributed by atoms with E-state index < -0.39 is 0 Å². The van der Waals surface area contributed by atoms with E-state index in [9.17, 15) is 0 Å². The molecule has 0 atom stereocenters. The van der Waals surface area contributed by atoms with Gasteiger partial charge in [0.15, 0.2) is 0 Å². The van der Waals surface area contributed by atoms with Gasteiger partial charge in [-0.1, -0.05) is 67.9 Å². The molecule has 122 valence electrons. The number of rotatable bonds is 4. The number of hydrogen-bond acceptors (Lipinski definition) is 1. The van der Waals surface area contributed by atoms with E-state index in [0.29, 0.717) is 0 Å². The van der Waals surface area contributed by atoms with Crippen molar-refractivity contribution in [3.63, 3.8) is 0 Å². The molecule has 0 fully saturated rings. The molecule has 0 amide bonds. The minimum absolute atomic E-state index is 0.0386. The lowest BCUT2D eigenvalue weighted by molar-refractivity contribution is 0.482. The molecule has 0 saturated heterocycles. The summed E-state index contributed by atoms with van der Waals surface area (Å²) in [6.45, 7) is 8.88. The second kappa shape index (κ2) is 6.52. The van der Waals surface area contributed by atoms with Gasteiger partial charge in [-0.15, -0.1) is 0 Å². The molecule has 3 aromatic rings. The molecule has 0 radical (unpaired) electrons. The molecule has 1 heteroatoms. The molecular weight excluding hydrogens is 292 g/mol. The first kappa shape index (κ1) is 16.3. The normalized spacial score (nSPS) is 11.3. The molecule has 0 aliphatic carbocycles. The first-order valence-electron chi connectivity index (χ1n) is 8.38. The summed E-state index contributed by atoms with van der Waals surface area (Å²) >= 11 is 0. The number of aryl methyl sites for hydroxylation is 2. The molecule has 0 aromatic heterocycles. The fourth-order valence-electron chi connectivity index (χ4n) is 3.23. The third kappa shape index (κ3) is 3.35. The van der Waals surface area contributed by atoms with Gasteiger partial charge in [0.25, 0.3) is 0 Å². The smallest absolute Gasteiger partial charge is 0.127 e.